The number of hydrogen-bond donors (Lipinski definition) is 1. The van der Waals surface area contributed by atoms with Crippen molar-refractivity contribution >= 4 is 28.1 Å². The Morgan fingerprint density at radius 2 is 1.91 bits per heavy atom. The predicted molar refractivity (Wildman–Crippen MR) is 81.8 cm³/mol. The van der Waals surface area contributed by atoms with Crippen molar-refractivity contribution in [3.05, 3.63) is 68.3 Å². The SMILES string of the molecule is Nc1ccc2nc3n(c(=O)c2c1)-c1ccc([N+](=O)[O-])cc1C3=O. The minimum Gasteiger partial charge on any atom is -0.399 e. The van der Waals surface area contributed by atoms with E-state index in [0.29, 0.717) is 11.2 Å². The lowest BCUT2D eigenvalue weighted by Gasteiger charge is -2.05. The van der Waals surface area contributed by atoms with Crippen LogP contribution in [-0.2, 0) is 0 Å². The second-order valence-corrected chi connectivity index (χ2v) is 5.14. The average molecular weight is 308 g/mol. The molecule has 8 heteroatoms. The second kappa shape index (κ2) is 4.23. The number of ketones is 1. The number of nitro benzene ring substituents is 1. The molecule has 0 saturated carbocycles. The molecule has 0 saturated heterocycles. The Morgan fingerprint density at radius 3 is 2.65 bits per heavy atom. The van der Waals surface area contributed by atoms with Crippen molar-refractivity contribution in [3.63, 3.8) is 0 Å². The average Bonchev–Trinajstić information content (AvgIpc) is 2.81. The Hall–Kier alpha value is -3.55. The summed E-state index contributed by atoms with van der Waals surface area (Å²) >= 11 is 0. The van der Waals surface area contributed by atoms with Gasteiger partial charge in [0.2, 0.25) is 5.78 Å². The molecule has 0 atom stereocenters. The van der Waals surface area contributed by atoms with Crippen LogP contribution in [0.15, 0.2) is 41.2 Å². The Balaban J connectivity index is 2.10. The molecular formula is C15H8N4O4. The molecule has 3 aromatic rings. The number of non-ortho nitro benzene ring substituents is 1. The lowest BCUT2D eigenvalue weighted by molar-refractivity contribution is -0.384. The Morgan fingerprint density at radius 1 is 1.13 bits per heavy atom. The van der Waals surface area contributed by atoms with Gasteiger partial charge in [-0.05, 0) is 24.3 Å². The molecule has 1 aliphatic heterocycles. The minimum absolute atomic E-state index is 0.0530. The van der Waals surface area contributed by atoms with Gasteiger partial charge in [-0.15, -0.1) is 0 Å². The largest absolute Gasteiger partial charge is 0.399 e. The fourth-order valence-corrected chi connectivity index (χ4v) is 2.71. The minimum atomic E-state index is -0.593. The van der Waals surface area contributed by atoms with Crippen LogP contribution in [0.3, 0.4) is 0 Å². The van der Waals surface area contributed by atoms with Crippen LogP contribution in [-0.4, -0.2) is 20.3 Å². The maximum atomic E-state index is 12.7. The van der Waals surface area contributed by atoms with E-state index in [1.807, 2.05) is 0 Å². The Bertz CT molecular complexity index is 1100. The van der Waals surface area contributed by atoms with Crippen LogP contribution in [0.2, 0.25) is 0 Å². The smallest absolute Gasteiger partial charge is 0.270 e. The number of nitrogens with two attached hydrogens (primary N) is 1. The molecule has 1 aliphatic rings. The number of carbonyl (C=O) groups is 1. The lowest BCUT2D eigenvalue weighted by atomic mass is 10.1. The summed E-state index contributed by atoms with van der Waals surface area (Å²) in [5.41, 5.74) is 6.19. The van der Waals surface area contributed by atoms with E-state index in [1.165, 1.54) is 22.8 Å². The van der Waals surface area contributed by atoms with E-state index in [9.17, 15) is 19.7 Å². The predicted octanol–water partition coefficient (Wildman–Crippen LogP) is 1.42. The number of hydrogen-bond acceptors (Lipinski definition) is 6. The van der Waals surface area contributed by atoms with Gasteiger partial charge >= 0.3 is 0 Å². The van der Waals surface area contributed by atoms with Crippen LogP contribution in [0.1, 0.15) is 16.2 Å². The number of nitro groups is 1. The highest BCUT2D eigenvalue weighted by atomic mass is 16.6. The van der Waals surface area contributed by atoms with Gasteiger partial charge in [-0.3, -0.25) is 24.3 Å². The van der Waals surface area contributed by atoms with Crippen LogP contribution in [0.4, 0.5) is 11.4 Å². The van der Waals surface area contributed by atoms with Gasteiger partial charge in [-0.2, -0.15) is 0 Å². The van der Waals surface area contributed by atoms with Crippen LogP contribution >= 0.6 is 0 Å². The van der Waals surface area contributed by atoms with Gasteiger partial charge in [0.1, 0.15) is 0 Å². The monoisotopic (exact) mass is 308 g/mol. The van der Waals surface area contributed by atoms with E-state index in [-0.39, 0.29) is 28.1 Å². The first kappa shape index (κ1) is 13.1. The number of anilines is 1. The fourth-order valence-electron chi connectivity index (χ4n) is 2.71. The zero-order valence-electron chi connectivity index (χ0n) is 11.5. The fraction of sp³-hybridized carbons (Fsp3) is 0. The van der Waals surface area contributed by atoms with Crippen molar-refractivity contribution < 1.29 is 9.72 Å². The second-order valence-electron chi connectivity index (χ2n) is 5.14. The molecule has 0 bridgehead atoms. The quantitative estimate of drug-likeness (QED) is 0.322. The Labute approximate surface area is 127 Å². The molecule has 0 aliphatic carbocycles. The summed E-state index contributed by atoms with van der Waals surface area (Å²) in [5.74, 6) is -0.567. The van der Waals surface area contributed by atoms with Gasteiger partial charge in [0.25, 0.3) is 11.2 Å². The van der Waals surface area contributed by atoms with Gasteiger partial charge in [0.05, 0.1) is 27.1 Å². The first-order valence-corrected chi connectivity index (χ1v) is 6.63. The van der Waals surface area contributed by atoms with E-state index in [2.05, 4.69) is 4.98 Å². The molecule has 112 valence electrons. The van der Waals surface area contributed by atoms with Gasteiger partial charge in [-0.1, -0.05) is 0 Å². The zero-order valence-corrected chi connectivity index (χ0v) is 11.5. The van der Waals surface area contributed by atoms with Crippen molar-refractivity contribution in [2.45, 2.75) is 0 Å². The maximum absolute atomic E-state index is 12.7. The Kier molecular flexibility index (Phi) is 2.42. The molecule has 0 amide bonds. The number of nitrogen functional groups attached to an aromatic ring is 1. The first-order chi connectivity index (χ1) is 11.0. The molecule has 0 radical (unpaired) electrons. The summed E-state index contributed by atoms with van der Waals surface area (Å²) < 4.78 is 1.17. The van der Waals surface area contributed by atoms with Crippen molar-refractivity contribution in [2.24, 2.45) is 0 Å². The summed E-state index contributed by atoms with van der Waals surface area (Å²) in [4.78, 5) is 39.6. The van der Waals surface area contributed by atoms with Gasteiger partial charge in [0, 0.05) is 17.8 Å². The van der Waals surface area contributed by atoms with Crippen molar-refractivity contribution in [3.8, 4) is 5.69 Å². The van der Waals surface area contributed by atoms with E-state index in [1.54, 1.807) is 12.1 Å². The molecular weight excluding hydrogens is 300 g/mol. The number of aromatic nitrogens is 2. The van der Waals surface area contributed by atoms with Crippen molar-refractivity contribution in [1.29, 1.82) is 0 Å². The van der Waals surface area contributed by atoms with Crippen LogP contribution < -0.4 is 11.3 Å². The number of fused-ring (bicyclic) bond motifs is 4. The highest BCUT2D eigenvalue weighted by Crippen LogP contribution is 2.29. The normalized spacial score (nSPS) is 12.3. The van der Waals surface area contributed by atoms with Crippen molar-refractivity contribution in [2.75, 3.05) is 5.73 Å². The summed E-state index contributed by atoms with van der Waals surface area (Å²) in [7, 11) is 0. The van der Waals surface area contributed by atoms with Crippen LogP contribution in [0.5, 0.6) is 0 Å². The highest BCUT2D eigenvalue weighted by molar-refractivity contribution is 6.13. The van der Waals surface area contributed by atoms with E-state index < -0.39 is 16.3 Å². The molecule has 4 rings (SSSR count). The summed E-state index contributed by atoms with van der Waals surface area (Å²) in [6.45, 7) is 0. The van der Waals surface area contributed by atoms with Crippen LogP contribution in [0, 0.1) is 10.1 Å². The van der Waals surface area contributed by atoms with E-state index in [0.717, 1.165) is 6.07 Å². The molecule has 1 aromatic heterocycles. The van der Waals surface area contributed by atoms with Gasteiger partial charge < -0.3 is 5.73 Å². The van der Waals surface area contributed by atoms with Gasteiger partial charge in [0.15, 0.2) is 5.82 Å². The third-order valence-corrected chi connectivity index (χ3v) is 3.77. The lowest BCUT2D eigenvalue weighted by Crippen LogP contribution is -2.21. The number of benzene rings is 2. The molecule has 0 spiro atoms. The molecule has 23 heavy (non-hydrogen) atoms. The highest BCUT2D eigenvalue weighted by Gasteiger charge is 2.31. The van der Waals surface area contributed by atoms with Gasteiger partial charge in [-0.25, -0.2) is 4.98 Å². The summed E-state index contributed by atoms with van der Waals surface area (Å²) in [6, 6.07) is 8.42. The summed E-state index contributed by atoms with van der Waals surface area (Å²) in [6.07, 6.45) is 0. The third kappa shape index (κ3) is 1.68. The topological polar surface area (TPSA) is 121 Å². The standard InChI is InChI=1S/C15H8N4O4/c16-7-1-3-11-9(5-7)15(21)18-12-4-2-8(19(22)23)6-10(12)13(20)14(18)17-11/h1-6H,16H2. The molecule has 8 nitrogen and oxygen atoms in total. The first-order valence-electron chi connectivity index (χ1n) is 6.63. The molecule has 2 N–H and O–H groups in total. The maximum Gasteiger partial charge on any atom is 0.270 e. The number of nitrogens with zero attached hydrogens (tertiary/aromatic N) is 3. The van der Waals surface area contributed by atoms with Crippen LogP contribution in [0.25, 0.3) is 16.6 Å². The molecule has 2 heterocycles. The molecule has 0 fully saturated rings. The third-order valence-electron chi connectivity index (χ3n) is 3.77. The van der Waals surface area contributed by atoms with E-state index in [4.69, 9.17) is 5.73 Å². The molecule has 0 unspecified atom stereocenters. The van der Waals surface area contributed by atoms with Crippen molar-refractivity contribution in [1.82, 2.24) is 9.55 Å². The summed E-state index contributed by atoms with van der Waals surface area (Å²) in [5, 5.41) is 11.2. The molecule has 2 aromatic carbocycles. The number of carbonyl (C=O) groups excluding carboxylic acids is 1. The zero-order chi connectivity index (χ0) is 16.3. The van der Waals surface area contributed by atoms with E-state index >= 15 is 0 Å². The number of rotatable bonds is 1.